The lowest BCUT2D eigenvalue weighted by Gasteiger charge is -2.07. The van der Waals surface area contributed by atoms with Gasteiger partial charge in [0.1, 0.15) is 18.1 Å². The van der Waals surface area contributed by atoms with Crippen LogP contribution in [0.5, 0.6) is 11.5 Å². The summed E-state index contributed by atoms with van der Waals surface area (Å²) in [5, 5.41) is 0. The molecule has 1 rings (SSSR count). The van der Waals surface area contributed by atoms with Crippen molar-refractivity contribution in [3.05, 3.63) is 24.3 Å². The predicted molar refractivity (Wildman–Crippen MR) is 56.8 cm³/mol. The van der Waals surface area contributed by atoms with Crippen LogP contribution in [0.1, 0.15) is 13.3 Å². The van der Waals surface area contributed by atoms with Crippen molar-refractivity contribution in [1.29, 1.82) is 0 Å². The minimum Gasteiger partial charge on any atom is -0.493 e. The number of ether oxygens (including phenoxy) is 2. The number of rotatable bonds is 6. The molecular weight excluding hydrogens is 178 g/mol. The van der Waals surface area contributed by atoms with E-state index in [1.54, 1.807) is 0 Å². The maximum Gasteiger partial charge on any atom is 0.123 e. The van der Waals surface area contributed by atoms with E-state index in [9.17, 15) is 0 Å². The van der Waals surface area contributed by atoms with Crippen LogP contribution < -0.4 is 15.2 Å². The van der Waals surface area contributed by atoms with Gasteiger partial charge in [-0.2, -0.15) is 0 Å². The molecule has 3 heteroatoms. The molecule has 0 aromatic heterocycles. The fourth-order valence-electron chi connectivity index (χ4n) is 1.05. The van der Waals surface area contributed by atoms with Gasteiger partial charge in [0.25, 0.3) is 0 Å². The van der Waals surface area contributed by atoms with E-state index in [2.05, 4.69) is 6.92 Å². The van der Waals surface area contributed by atoms with Gasteiger partial charge in [-0.25, -0.2) is 0 Å². The number of hydrogen-bond donors (Lipinski definition) is 1. The highest BCUT2D eigenvalue weighted by atomic mass is 16.5. The minimum atomic E-state index is 0.528. The summed E-state index contributed by atoms with van der Waals surface area (Å²) in [7, 11) is 0. The quantitative estimate of drug-likeness (QED) is 0.753. The molecule has 0 unspecified atom stereocenters. The summed E-state index contributed by atoms with van der Waals surface area (Å²) in [4.78, 5) is 0. The van der Waals surface area contributed by atoms with Crippen molar-refractivity contribution in [3.63, 3.8) is 0 Å². The molecule has 78 valence electrons. The van der Waals surface area contributed by atoms with E-state index >= 15 is 0 Å². The molecule has 0 radical (unpaired) electrons. The van der Waals surface area contributed by atoms with Gasteiger partial charge < -0.3 is 15.2 Å². The molecule has 0 bridgehead atoms. The van der Waals surface area contributed by atoms with Crippen molar-refractivity contribution in [2.75, 3.05) is 19.8 Å². The Kier molecular flexibility index (Phi) is 4.86. The van der Waals surface area contributed by atoms with Crippen LogP contribution >= 0.6 is 0 Å². The van der Waals surface area contributed by atoms with Crippen LogP contribution in [0.15, 0.2) is 24.3 Å². The standard InChI is InChI=1S/C11H17NO2/c1-2-7-13-10-4-3-5-11(9-10)14-8-6-12/h3-5,9H,2,6-8,12H2,1H3. The van der Waals surface area contributed by atoms with Crippen LogP contribution in [0.2, 0.25) is 0 Å². The molecule has 3 nitrogen and oxygen atoms in total. The summed E-state index contributed by atoms with van der Waals surface area (Å²) < 4.78 is 10.8. The Morgan fingerprint density at radius 3 is 2.36 bits per heavy atom. The van der Waals surface area contributed by atoms with Gasteiger partial charge in [0.2, 0.25) is 0 Å². The second kappa shape index (κ2) is 6.27. The second-order valence-electron chi connectivity index (χ2n) is 2.96. The Bertz CT molecular complexity index is 240. The van der Waals surface area contributed by atoms with E-state index < -0.39 is 0 Å². The first-order valence-electron chi connectivity index (χ1n) is 4.92. The Labute approximate surface area is 84.8 Å². The van der Waals surface area contributed by atoms with Gasteiger partial charge in [0.05, 0.1) is 6.61 Å². The van der Waals surface area contributed by atoms with Crippen LogP contribution in [0.4, 0.5) is 0 Å². The zero-order valence-corrected chi connectivity index (χ0v) is 8.53. The van der Waals surface area contributed by atoms with E-state index in [-0.39, 0.29) is 0 Å². The van der Waals surface area contributed by atoms with Crippen LogP contribution in [-0.2, 0) is 0 Å². The molecule has 0 fully saturated rings. The Hall–Kier alpha value is -1.22. The molecule has 0 aliphatic heterocycles. The Balaban J connectivity index is 2.50. The summed E-state index contributed by atoms with van der Waals surface area (Å²) in [6, 6.07) is 7.61. The molecular formula is C11H17NO2. The van der Waals surface area contributed by atoms with Crippen LogP contribution in [0, 0.1) is 0 Å². The summed E-state index contributed by atoms with van der Waals surface area (Å²) in [5.41, 5.74) is 5.34. The molecule has 1 aromatic rings. The largest absolute Gasteiger partial charge is 0.493 e. The van der Waals surface area contributed by atoms with E-state index in [0.717, 1.165) is 24.5 Å². The van der Waals surface area contributed by atoms with Gasteiger partial charge in [-0.1, -0.05) is 13.0 Å². The number of benzene rings is 1. The van der Waals surface area contributed by atoms with Crippen molar-refractivity contribution < 1.29 is 9.47 Å². The lowest BCUT2D eigenvalue weighted by molar-refractivity contribution is 0.306. The van der Waals surface area contributed by atoms with E-state index in [4.69, 9.17) is 15.2 Å². The average Bonchev–Trinajstić information content (AvgIpc) is 2.24. The van der Waals surface area contributed by atoms with Gasteiger partial charge >= 0.3 is 0 Å². The fourth-order valence-corrected chi connectivity index (χ4v) is 1.05. The smallest absolute Gasteiger partial charge is 0.123 e. The molecule has 1 aromatic carbocycles. The van der Waals surface area contributed by atoms with Crippen LogP contribution in [0.3, 0.4) is 0 Å². The summed E-state index contributed by atoms with van der Waals surface area (Å²) in [6.07, 6.45) is 1.01. The molecule has 0 atom stereocenters. The summed E-state index contributed by atoms with van der Waals surface area (Å²) in [6.45, 7) is 3.88. The van der Waals surface area contributed by atoms with Crippen LogP contribution in [0.25, 0.3) is 0 Å². The van der Waals surface area contributed by atoms with Gasteiger partial charge in [0, 0.05) is 12.6 Å². The zero-order chi connectivity index (χ0) is 10.2. The maximum atomic E-state index is 5.46. The lowest BCUT2D eigenvalue weighted by atomic mass is 10.3. The summed E-state index contributed by atoms with van der Waals surface area (Å²) in [5.74, 6) is 1.66. The molecule has 0 aliphatic carbocycles. The average molecular weight is 195 g/mol. The van der Waals surface area contributed by atoms with Crippen molar-refractivity contribution in [2.45, 2.75) is 13.3 Å². The van der Waals surface area contributed by atoms with Crippen molar-refractivity contribution in [2.24, 2.45) is 5.73 Å². The minimum absolute atomic E-state index is 0.528. The molecule has 14 heavy (non-hydrogen) atoms. The third-order valence-electron chi connectivity index (χ3n) is 1.66. The molecule has 0 amide bonds. The first-order chi connectivity index (χ1) is 6.86. The Morgan fingerprint density at radius 1 is 1.14 bits per heavy atom. The SMILES string of the molecule is CCCOc1cccc(OCCN)c1. The molecule has 2 N–H and O–H groups in total. The van der Waals surface area contributed by atoms with Crippen LogP contribution in [-0.4, -0.2) is 19.8 Å². The highest BCUT2D eigenvalue weighted by Crippen LogP contribution is 2.19. The van der Waals surface area contributed by atoms with Crippen molar-refractivity contribution in [1.82, 2.24) is 0 Å². The van der Waals surface area contributed by atoms with Gasteiger partial charge in [0.15, 0.2) is 0 Å². The zero-order valence-electron chi connectivity index (χ0n) is 8.53. The third kappa shape index (κ3) is 3.66. The predicted octanol–water partition coefficient (Wildman–Crippen LogP) is 1.81. The van der Waals surface area contributed by atoms with Crippen molar-refractivity contribution in [3.8, 4) is 11.5 Å². The molecule has 0 heterocycles. The van der Waals surface area contributed by atoms with Gasteiger partial charge in [-0.3, -0.25) is 0 Å². The van der Waals surface area contributed by atoms with Gasteiger partial charge in [-0.05, 0) is 18.6 Å². The normalized spacial score (nSPS) is 9.86. The monoisotopic (exact) mass is 195 g/mol. The summed E-state index contributed by atoms with van der Waals surface area (Å²) >= 11 is 0. The Morgan fingerprint density at radius 2 is 1.79 bits per heavy atom. The van der Waals surface area contributed by atoms with E-state index in [1.165, 1.54) is 0 Å². The topological polar surface area (TPSA) is 44.5 Å². The van der Waals surface area contributed by atoms with E-state index in [0.29, 0.717) is 13.2 Å². The highest BCUT2D eigenvalue weighted by Gasteiger charge is 1.96. The van der Waals surface area contributed by atoms with E-state index in [1.807, 2.05) is 24.3 Å². The first-order valence-corrected chi connectivity index (χ1v) is 4.92. The molecule has 0 aliphatic rings. The molecule has 0 saturated carbocycles. The highest BCUT2D eigenvalue weighted by molar-refractivity contribution is 5.32. The second-order valence-corrected chi connectivity index (χ2v) is 2.96. The van der Waals surface area contributed by atoms with Crippen molar-refractivity contribution >= 4 is 0 Å². The maximum absolute atomic E-state index is 5.46. The fraction of sp³-hybridized carbons (Fsp3) is 0.455. The first kappa shape index (κ1) is 10.9. The third-order valence-corrected chi connectivity index (χ3v) is 1.66. The molecule has 0 spiro atoms. The molecule has 0 saturated heterocycles. The van der Waals surface area contributed by atoms with Gasteiger partial charge in [-0.15, -0.1) is 0 Å². The number of hydrogen-bond acceptors (Lipinski definition) is 3. The lowest BCUT2D eigenvalue weighted by Crippen LogP contribution is -2.10. The number of nitrogens with two attached hydrogens (primary N) is 1.